The van der Waals surface area contributed by atoms with Gasteiger partial charge < -0.3 is 4.74 Å². The van der Waals surface area contributed by atoms with Crippen molar-refractivity contribution in [2.24, 2.45) is 0 Å². The number of hydrogen-bond donors (Lipinski definition) is 0. The molecule has 4 rings (SSSR count). The molecular weight excluding hydrogens is 239 g/mol. The summed E-state index contributed by atoms with van der Waals surface area (Å²) in [6, 6.07) is 21.7. The van der Waals surface area contributed by atoms with Crippen LogP contribution in [-0.2, 0) is 10.3 Å². The molecule has 2 aromatic carbocycles. The lowest BCUT2D eigenvalue weighted by Gasteiger charge is -2.16. The summed E-state index contributed by atoms with van der Waals surface area (Å²) in [5, 5.41) is 1.53. The maximum absolute atomic E-state index is 5.99. The van der Waals surface area contributed by atoms with Gasteiger partial charge in [-0.05, 0) is 10.9 Å². The topological polar surface area (TPSA) is 12.5 Å². The third-order valence-electron chi connectivity index (χ3n) is 4.01. The van der Waals surface area contributed by atoms with Crippen LogP contribution in [-0.4, -0.2) is 18.4 Å². The molecule has 3 unspecified atom stereocenters. The number of rotatable bonds is 2. The average molecular weight is 254 g/mol. The van der Waals surface area contributed by atoms with Gasteiger partial charge in [-0.2, -0.15) is 0 Å². The molecule has 0 spiro atoms. The second-order valence-corrected chi connectivity index (χ2v) is 7.36. The van der Waals surface area contributed by atoms with Gasteiger partial charge in [-0.15, -0.1) is 0 Å². The summed E-state index contributed by atoms with van der Waals surface area (Å²) in [5.74, 6) is 0. The number of hydrogen-bond acceptors (Lipinski definition) is 1. The summed E-state index contributed by atoms with van der Waals surface area (Å²) < 4.78 is 5.99. The van der Waals surface area contributed by atoms with Crippen LogP contribution >= 0.6 is 7.92 Å². The maximum Gasteiger partial charge on any atom is 0.124 e. The predicted molar refractivity (Wildman–Crippen MR) is 75.7 cm³/mol. The predicted octanol–water partition coefficient (Wildman–Crippen LogP) is 3.10. The third kappa shape index (κ3) is 1.55. The van der Waals surface area contributed by atoms with Gasteiger partial charge in [-0.25, -0.2) is 0 Å². The highest BCUT2D eigenvalue weighted by Crippen LogP contribution is 2.63. The van der Waals surface area contributed by atoms with Crippen molar-refractivity contribution in [3.8, 4) is 0 Å². The molecule has 2 aromatic rings. The first kappa shape index (κ1) is 10.7. The Labute approximate surface area is 109 Å². The van der Waals surface area contributed by atoms with Crippen LogP contribution in [0.4, 0.5) is 0 Å². The Bertz CT molecular complexity index is 554. The van der Waals surface area contributed by atoms with E-state index in [2.05, 4.69) is 60.7 Å². The molecule has 1 nitrogen and oxygen atoms in total. The Hall–Kier alpha value is -1.17. The highest BCUT2D eigenvalue weighted by atomic mass is 31.1. The monoisotopic (exact) mass is 254 g/mol. The fourth-order valence-corrected chi connectivity index (χ4v) is 5.91. The van der Waals surface area contributed by atoms with E-state index in [0.29, 0.717) is 6.10 Å². The zero-order valence-electron chi connectivity index (χ0n) is 10.1. The van der Waals surface area contributed by atoms with Crippen LogP contribution < -0.4 is 5.30 Å². The molecule has 2 fully saturated rings. The minimum Gasteiger partial charge on any atom is -0.360 e. The van der Waals surface area contributed by atoms with Gasteiger partial charge in [0, 0.05) is 12.3 Å². The maximum atomic E-state index is 5.99. The van der Waals surface area contributed by atoms with Crippen LogP contribution in [0.1, 0.15) is 5.56 Å². The zero-order valence-corrected chi connectivity index (χ0v) is 11.0. The van der Waals surface area contributed by atoms with Crippen LogP contribution in [0, 0.1) is 0 Å². The van der Waals surface area contributed by atoms with Crippen LogP contribution in [0.15, 0.2) is 60.7 Å². The normalized spacial score (nSPS) is 33.1. The Kier molecular flexibility index (Phi) is 2.33. The summed E-state index contributed by atoms with van der Waals surface area (Å²) in [6.45, 7) is 0. The minimum atomic E-state index is -0.0270. The summed E-state index contributed by atoms with van der Waals surface area (Å²) in [7, 11) is -0.0270. The van der Waals surface area contributed by atoms with Gasteiger partial charge in [-0.1, -0.05) is 68.6 Å². The molecule has 0 radical (unpaired) electrons. The quantitative estimate of drug-likeness (QED) is 0.592. The molecule has 2 aliphatic rings. The van der Waals surface area contributed by atoms with Crippen molar-refractivity contribution in [1.29, 1.82) is 0 Å². The fraction of sp³-hybridized carbons (Fsp3) is 0.250. The Morgan fingerprint density at radius 3 is 2.33 bits per heavy atom. The molecule has 0 aromatic heterocycles. The largest absolute Gasteiger partial charge is 0.360 e. The second kappa shape index (κ2) is 3.91. The summed E-state index contributed by atoms with van der Waals surface area (Å²) in [6.07, 6.45) is 2.89. The molecule has 90 valence electrons. The number of epoxide rings is 1. The Morgan fingerprint density at radius 2 is 1.61 bits per heavy atom. The molecule has 2 heteroatoms. The van der Waals surface area contributed by atoms with E-state index in [-0.39, 0.29) is 13.5 Å². The average Bonchev–Trinajstić information content (AvgIpc) is 3.03. The van der Waals surface area contributed by atoms with Gasteiger partial charge in [0.2, 0.25) is 0 Å². The van der Waals surface area contributed by atoms with E-state index in [1.807, 2.05) is 0 Å². The van der Waals surface area contributed by atoms with Crippen molar-refractivity contribution in [3.63, 3.8) is 0 Å². The Morgan fingerprint density at radius 1 is 0.944 bits per heavy atom. The standard InChI is InChI=1S/C16H15OP/c1-3-7-13(8-4-1)16-12-18(11-15(16)17-16)14-9-5-2-6-10-14/h1-10,15H,11-12H2. The molecule has 3 atom stereocenters. The molecule has 0 aliphatic carbocycles. The molecular formula is C16H15OP. The van der Waals surface area contributed by atoms with Gasteiger partial charge >= 0.3 is 0 Å². The Balaban J connectivity index is 1.62. The van der Waals surface area contributed by atoms with Crippen molar-refractivity contribution < 1.29 is 4.74 Å². The van der Waals surface area contributed by atoms with E-state index in [0.717, 1.165) is 0 Å². The molecule has 0 amide bonds. The summed E-state index contributed by atoms with van der Waals surface area (Å²) in [4.78, 5) is 0. The number of benzene rings is 2. The van der Waals surface area contributed by atoms with E-state index in [4.69, 9.17) is 4.74 Å². The first-order chi connectivity index (χ1) is 8.88. The van der Waals surface area contributed by atoms with E-state index < -0.39 is 0 Å². The first-order valence-electron chi connectivity index (χ1n) is 6.42. The van der Waals surface area contributed by atoms with E-state index in [9.17, 15) is 0 Å². The van der Waals surface area contributed by atoms with Crippen LogP contribution in [0.25, 0.3) is 0 Å². The molecule has 0 N–H and O–H groups in total. The van der Waals surface area contributed by atoms with E-state index in [1.54, 1.807) is 0 Å². The van der Waals surface area contributed by atoms with Crippen molar-refractivity contribution in [2.75, 3.05) is 12.3 Å². The van der Waals surface area contributed by atoms with Crippen LogP contribution in [0.3, 0.4) is 0 Å². The van der Waals surface area contributed by atoms with E-state index in [1.165, 1.54) is 23.2 Å². The molecule has 2 saturated heterocycles. The number of ether oxygens (including phenoxy) is 1. The van der Waals surface area contributed by atoms with Crippen molar-refractivity contribution in [2.45, 2.75) is 11.7 Å². The van der Waals surface area contributed by atoms with Crippen molar-refractivity contribution >= 4 is 13.2 Å². The molecule has 0 bridgehead atoms. The van der Waals surface area contributed by atoms with E-state index >= 15 is 0 Å². The van der Waals surface area contributed by atoms with Crippen LogP contribution in [0.5, 0.6) is 0 Å². The fourth-order valence-electron chi connectivity index (χ4n) is 2.99. The lowest BCUT2D eigenvalue weighted by molar-refractivity contribution is 0.314. The number of fused-ring (bicyclic) bond motifs is 1. The molecule has 18 heavy (non-hydrogen) atoms. The summed E-state index contributed by atoms with van der Waals surface area (Å²) in [5.41, 5.74) is 1.43. The highest BCUT2D eigenvalue weighted by Gasteiger charge is 2.63. The zero-order chi connectivity index (χ0) is 12.0. The van der Waals surface area contributed by atoms with Gasteiger partial charge in [-0.3, -0.25) is 0 Å². The molecule has 2 aliphatic heterocycles. The lowest BCUT2D eigenvalue weighted by Crippen LogP contribution is -2.13. The van der Waals surface area contributed by atoms with Gasteiger partial charge in [0.1, 0.15) is 5.60 Å². The summed E-state index contributed by atoms with van der Waals surface area (Å²) >= 11 is 0. The lowest BCUT2D eigenvalue weighted by atomic mass is 9.98. The van der Waals surface area contributed by atoms with Gasteiger partial charge in [0.15, 0.2) is 0 Å². The first-order valence-corrected chi connectivity index (χ1v) is 8.13. The van der Waals surface area contributed by atoms with Crippen molar-refractivity contribution in [1.82, 2.24) is 0 Å². The minimum absolute atomic E-state index is 0.0270. The SMILES string of the molecule is c1ccc(P2CC3OC3(c3ccccc3)C2)cc1. The van der Waals surface area contributed by atoms with Gasteiger partial charge in [0.25, 0.3) is 0 Å². The molecule has 0 saturated carbocycles. The van der Waals surface area contributed by atoms with Gasteiger partial charge in [0.05, 0.1) is 6.10 Å². The molecule has 2 heterocycles. The highest BCUT2D eigenvalue weighted by molar-refractivity contribution is 7.66. The van der Waals surface area contributed by atoms with Crippen LogP contribution in [0.2, 0.25) is 0 Å². The second-order valence-electron chi connectivity index (χ2n) is 5.08. The smallest absolute Gasteiger partial charge is 0.124 e. The van der Waals surface area contributed by atoms with Crippen molar-refractivity contribution in [3.05, 3.63) is 66.2 Å². The third-order valence-corrected chi connectivity index (χ3v) is 6.66.